The highest BCUT2D eigenvalue weighted by atomic mass is 35.5. The molecule has 1 aromatic heterocycles. The van der Waals surface area contributed by atoms with E-state index in [0.29, 0.717) is 5.92 Å². The Bertz CT molecular complexity index is 1380. The molecule has 1 amide bonds. The molecule has 34 heavy (non-hydrogen) atoms. The fourth-order valence-electron chi connectivity index (χ4n) is 6.15. The first-order chi connectivity index (χ1) is 16.6. The van der Waals surface area contributed by atoms with Gasteiger partial charge in [0.2, 0.25) is 0 Å². The van der Waals surface area contributed by atoms with Crippen molar-refractivity contribution in [3.63, 3.8) is 0 Å². The van der Waals surface area contributed by atoms with Crippen molar-refractivity contribution in [3.05, 3.63) is 100 Å². The van der Waals surface area contributed by atoms with Gasteiger partial charge in [0.05, 0.1) is 7.11 Å². The Labute approximate surface area is 204 Å². The number of nitrogens with zero attached hydrogens (tertiary/aromatic N) is 1. The number of amides is 1. The van der Waals surface area contributed by atoms with Crippen molar-refractivity contribution in [2.45, 2.75) is 24.7 Å². The first-order valence-electron chi connectivity index (χ1n) is 11.9. The number of rotatable bonds is 3. The van der Waals surface area contributed by atoms with Gasteiger partial charge in [-0.05, 0) is 78.8 Å². The number of methoxy groups -OCH3 is 1. The van der Waals surface area contributed by atoms with Gasteiger partial charge < -0.3 is 14.6 Å². The van der Waals surface area contributed by atoms with Gasteiger partial charge >= 0.3 is 0 Å². The number of aromatic amines is 1. The van der Waals surface area contributed by atoms with Crippen LogP contribution >= 0.6 is 11.6 Å². The molecule has 1 fully saturated rings. The Morgan fingerprint density at radius 3 is 2.76 bits per heavy atom. The quantitative estimate of drug-likeness (QED) is 0.397. The summed E-state index contributed by atoms with van der Waals surface area (Å²) in [5, 5.41) is 1.96. The molecular formula is C29H27ClN2O2. The van der Waals surface area contributed by atoms with Crippen LogP contribution in [0.1, 0.15) is 33.6 Å². The second kappa shape index (κ2) is 8.21. The summed E-state index contributed by atoms with van der Waals surface area (Å²) >= 11 is 6.36. The van der Waals surface area contributed by atoms with E-state index in [1.807, 2.05) is 47.4 Å². The number of hydrogen-bond acceptors (Lipinski definition) is 2. The van der Waals surface area contributed by atoms with Crippen molar-refractivity contribution in [3.8, 4) is 5.75 Å². The van der Waals surface area contributed by atoms with Crippen molar-refractivity contribution in [2.24, 2.45) is 5.92 Å². The highest BCUT2D eigenvalue weighted by molar-refractivity contribution is 6.31. The van der Waals surface area contributed by atoms with E-state index >= 15 is 0 Å². The second-order valence-electron chi connectivity index (χ2n) is 9.61. The topological polar surface area (TPSA) is 45.3 Å². The van der Waals surface area contributed by atoms with Crippen LogP contribution in [0.25, 0.3) is 10.9 Å². The molecular weight excluding hydrogens is 444 g/mol. The highest BCUT2D eigenvalue weighted by Crippen LogP contribution is 2.50. The molecule has 4 aromatic rings. The molecule has 172 valence electrons. The minimum atomic E-state index is -0.0559. The highest BCUT2D eigenvalue weighted by Gasteiger charge is 2.49. The molecule has 1 aliphatic heterocycles. The average molecular weight is 471 g/mol. The second-order valence-corrected chi connectivity index (χ2v) is 10.0. The molecule has 1 saturated heterocycles. The predicted octanol–water partition coefficient (Wildman–Crippen LogP) is 6.03. The minimum absolute atomic E-state index is 0.0559. The van der Waals surface area contributed by atoms with Gasteiger partial charge in [-0.25, -0.2) is 0 Å². The van der Waals surface area contributed by atoms with Crippen LogP contribution in [0.5, 0.6) is 5.75 Å². The third-order valence-corrected chi connectivity index (χ3v) is 8.14. The molecule has 1 unspecified atom stereocenters. The van der Waals surface area contributed by atoms with Crippen molar-refractivity contribution in [1.29, 1.82) is 0 Å². The van der Waals surface area contributed by atoms with Gasteiger partial charge in [-0.1, -0.05) is 41.9 Å². The molecule has 2 atom stereocenters. The maximum atomic E-state index is 13.4. The summed E-state index contributed by atoms with van der Waals surface area (Å²) in [4.78, 5) is 19.1. The van der Waals surface area contributed by atoms with E-state index in [9.17, 15) is 4.79 Å². The number of piperidine rings is 1. The lowest BCUT2D eigenvalue weighted by Crippen LogP contribution is -2.55. The lowest BCUT2D eigenvalue weighted by atomic mass is 9.58. The van der Waals surface area contributed by atoms with Crippen LogP contribution in [-0.4, -0.2) is 36.0 Å². The van der Waals surface area contributed by atoms with Gasteiger partial charge in [0.15, 0.2) is 0 Å². The summed E-state index contributed by atoms with van der Waals surface area (Å²) in [6.45, 7) is 1.47. The number of hydrogen-bond donors (Lipinski definition) is 1. The molecule has 0 bridgehead atoms. The van der Waals surface area contributed by atoms with Crippen molar-refractivity contribution in [2.75, 3.05) is 20.2 Å². The zero-order chi connectivity index (χ0) is 23.3. The van der Waals surface area contributed by atoms with E-state index in [4.69, 9.17) is 16.3 Å². The zero-order valence-corrected chi connectivity index (χ0v) is 19.9. The van der Waals surface area contributed by atoms with E-state index in [-0.39, 0.29) is 11.3 Å². The maximum absolute atomic E-state index is 13.4. The van der Waals surface area contributed by atoms with E-state index in [1.54, 1.807) is 7.11 Å². The van der Waals surface area contributed by atoms with Crippen molar-refractivity contribution in [1.82, 2.24) is 9.88 Å². The van der Waals surface area contributed by atoms with Crippen LogP contribution in [0.3, 0.4) is 0 Å². The Hall–Kier alpha value is -3.24. The number of ether oxygens (including phenoxy) is 1. The first kappa shape index (κ1) is 21.3. The molecule has 1 aliphatic carbocycles. The zero-order valence-electron chi connectivity index (χ0n) is 19.2. The van der Waals surface area contributed by atoms with E-state index < -0.39 is 0 Å². The van der Waals surface area contributed by atoms with Gasteiger partial charge in [0.1, 0.15) is 5.75 Å². The van der Waals surface area contributed by atoms with Gasteiger partial charge in [-0.3, -0.25) is 4.79 Å². The Morgan fingerprint density at radius 1 is 1.09 bits per heavy atom. The SMILES string of the molecule is COc1cccc([C@]23CCN(C(=O)c4ccccc4)CC2Cc2c([nH]c4ccc(Cl)cc24)C3)c1. The van der Waals surface area contributed by atoms with Crippen LogP contribution in [0.15, 0.2) is 72.8 Å². The number of halogens is 1. The van der Waals surface area contributed by atoms with Gasteiger partial charge in [-0.15, -0.1) is 0 Å². The normalized spacial score (nSPS) is 21.7. The fraction of sp³-hybridized carbons (Fsp3) is 0.276. The lowest BCUT2D eigenvalue weighted by molar-refractivity contribution is 0.0501. The molecule has 0 spiro atoms. The number of aromatic nitrogens is 1. The molecule has 4 nitrogen and oxygen atoms in total. The number of nitrogens with one attached hydrogen (secondary N) is 1. The van der Waals surface area contributed by atoms with Gasteiger partial charge in [0.25, 0.3) is 5.91 Å². The van der Waals surface area contributed by atoms with Gasteiger partial charge in [-0.2, -0.15) is 0 Å². The van der Waals surface area contributed by atoms with Crippen LogP contribution in [0, 0.1) is 5.92 Å². The lowest BCUT2D eigenvalue weighted by Gasteiger charge is -2.51. The number of benzene rings is 3. The van der Waals surface area contributed by atoms with Crippen molar-refractivity contribution < 1.29 is 9.53 Å². The van der Waals surface area contributed by atoms with Crippen molar-refractivity contribution >= 4 is 28.4 Å². The maximum Gasteiger partial charge on any atom is 0.253 e. The Morgan fingerprint density at radius 2 is 1.94 bits per heavy atom. The largest absolute Gasteiger partial charge is 0.497 e. The molecule has 0 radical (unpaired) electrons. The summed E-state index contributed by atoms with van der Waals surface area (Å²) < 4.78 is 5.58. The molecule has 3 aromatic carbocycles. The van der Waals surface area contributed by atoms with E-state index in [1.165, 1.54) is 22.2 Å². The first-order valence-corrected chi connectivity index (χ1v) is 12.2. The monoisotopic (exact) mass is 470 g/mol. The van der Waals surface area contributed by atoms with Crippen LogP contribution in [-0.2, 0) is 18.3 Å². The van der Waals surface area contributed by atoms with E-state index in [2.05, 4.69) is 35.3 Å². The molecule has 0 saturated carbocycles. The average Bonchev–Trinajstić information content (AvgIpc) is 3.23. The number of likely N-dealkylation sites (tertiary alicyclic amines) is 1. The summed E-state index contributed by atoms with van der Waals surface area (Å²) in [6, 6.07) is 24.2. The number of fused-ring (bicyclic) bond motifs is 4. The predicted molar refractivity (Wildman–Crippen MR) is 136 cm³/mol. The number of carbonyl (C=O) groups excluding carboxylic acids is 1. The minimum Gasteiger partial charge on any atom is -0.497 e. The van der Waals surface area contributed by atoms with Crippen LogP contribution in [0.4, 0.5) is 0 Å². The molecule has 5 heteroatoms. The third-order valence-electron chi connectivity index (χ3n) is 7.90. The van der Waals surface area contributed by atoms with E-state index in [0.717, 1.165) is 54.2 Å². The Balaban J connectivity index is 1.44. The number of carbonyl (C=O) groups is 1. The standard InChI is InChI=1S/C29H27ClN2O2/c1-34-23-9-5-8-20(14-23)29-12-13-32(28(33)19-6-3-2-4-7-19)18-21(29)15-24-25-16-22(30)10-11-26(25)31-27(24)17-29/h2-11,14,16,21,31H,12-13,15,17-18H2,1H3/t21?,29-/m1/s1. The number of H-pyrrole nitrogens is 1. The smallest absolute Gasteiger partial charge is 0.253 e. The molecule has 6 rings (SSSR count). The molecule has 1 N–H and O–H groups in total. The summed E-state index contributed by atoms with van der Waals surface area (Å²) in [5.74, 6) is 1.29. The van der Waals surface area contributed by atoms with Gasteiger partial charge in [0, 0.05) is 45.7 Å². The third kappa shape index (κ3) is 3.40. The van der Waals surface area contributed by atoms with Crippen LogP contribution < -0.4 is 4.74 Å². The van der Waals surface area contributed by atoms with Crippen LogP contribution in [0.2, 0.25) is 5.02 Å². The molecule has 2 heterocycles. The summed E-state index contributed by atoms with van der Waals surface area (Å²) in [7, 11) is 1.72. The molecule has 2 aliphatic rings. The fourth-order valence-corrected chi connectivity index (χ4v) is 6.32. The summed E-state index contributed by atoms with van der Waals surface area (Å²) in [5.41, 5.74) is 5.76. The Kier molecular flexibility index (Phi) is 5.14. The summed E-state index contributed by atoms with van der Waals surface area (Å²) in [6.07, 6.45) is 2.74.